The Bertz CT molecular complexity index is 157. The molecule has 12 heavy (non-hydrogen) atoms. The fourth-order valence-corrected chi connectivity index (χ4v) is 1.08. The summed E-state index contributed by atoms with van der Waals surface area (Å²) >= 11 is 0. The first-order valence-electron chi connectivity index (χ1n) is 3.56. The Hall–Kier alpha value is -0.240. The third-order valence-electron chi connectivity index (χ3n) is 1.87. The molecule has 1 saturated heterocycles. The van der Waals surface area contributed by atoms with Gasteiger partial charge >= 0.3 is 4.28 Å². The molecule has 6 nitrogen and oxygen atoms in total. The second-order valence-corrected chi connectivity index (χ2v) is 2.72. The van der Waals surface area contributed by atoms with Gasteiger partial charge in [0.1, 0.15) is 24.4 Å². The fraction of sp³-hybridized carbons (Fsp3) is 1.00. The van der Waals surface area contributed by atoms with Crippen LogP contribution in [0.2, 0.25) is 0 Å². The van der Waals surface area contributed by atoms with E-state index in [0.717, 1.165) is 0 Å². The molecule has 72 valence electrons. The van der Waals surface area contributed by atoms with Crippen molar-refractivity contribution in [2.24, 2.45) is 0 Å². The van der Waals surface area contributed by atoms with Gasteiger partial charge in [0.15, 0.2) is 6.29 Å². The fourth-order valence-electron chi connectivity index (χ4n) is 1.08. The lowest BCUT2D eigenvalue weighted by atomic mass is 10.00. The van der Waals surface area contributed by atoms with Crippen LogP contribution in [0.25, 0.3) is 0 Å². The first-order valence-corrected chi connectivity index (χ1v) is 3.56. The lowest BCUT2D eigenvalue weighted by molar-refractivity contribution is -0.286. The van der Waals surface area contributed by atoms with E-state index in [-0.39, 0.29) is 4.28 Å². The zero-order valence-corrected chi connectivity index (χ0v) is 6.24. The maximum absolute atomic E-state index is 9.12. The highest BCUT2D eigenvalue weighted by Crippen LogP contribution is 2.18. The molecule has 0 radical (unpaired) electrons. The van der Waals surface area contributed by atoms with E-state index in [9.17, 15) is 0 Å². The number of rotatable bonds is 1. The van der Waals surface area contributed by atoms with Crippen molar-refractivity contribution in [3.05, 3.63) is 0 Å². The molecule has 0 amide bonds. The van der Waals surface area contributed by atoms with Crippen LogP contribution in [0.5, 0.6) is 0 Å². The maximum Gasteiger partial charge on any atom is 1.00 e. The molecule has 0 saturated carbocycles. The average Bonchev–Trinajstić information content (AvgIpc) is 2.08. The molecule has 1 aliphatic heterocycles. The van der Waals surface area contributed by atoms with Gasteiger partial charge in [-0.1, -0.05) is 0 Å². The summed E-state index contributed by atoms with van der Waals surface area (Å²) in [4.78, 5) is 0. The van der Waals surface area contributed by atoms with Gasteiger partial charge in [0.05, 0.1) is 6.61 Å². The minimum absolute atomic E-state index is 0. The predicted molar refractivity (Wildman–Crippen MR) is 39.3 cm³/mol. The number of hydrogen-bond acceptors (Lipinski definition) is 6. The quantitative estimate of drug-likeness (QED) is 0.298. The van der Waals surface area contributed by atoms with Crippen molar-refractivity contribution in [3.63, 3.8) is 0 Å². The number of ether oxygens (including phenoxy) is 1. The van der Waals surface area contributed by atoms with Crippen LogP contribution in [0.3, 0.4) is 0 Å². The Morgan fingerprint density at radius 2 is 1.58 bits per heavy atom. The Morgan fingerprint density at radius 1 is 1.00 bits per heavy atom. The predicted octanol–water partition coefficient (Wildman–Crippen LogP) is -2.88. The Kier molecular flexibility index (Phi) is 2.99. The summed E-state index contributed by atoms with van der Waals surface area (Å²) in [6, 6.07) is 0. The Balaban J connectivity index is -0.000000480. The van der Waals surface area contributed by atoms with Crippen molar-refractivity contribution >= 4 is 0 Å². The van der Waals surface area contributed by atoms with Crippen LogP contribution in [-0.4, -0.2) is 62.8 Å². The Morgan fingerprint density at radius 3 is 2.08 bits per heavy atom. The second kappa shape index (κ2) is 3.65. The van der Waals surface area contributed by atoms with Gasteiger partial charge in [-0.2, -0.15) is 0 Å². The summed E-state index contributed by atoms with van der Waals surface area (Å²) in [5, 5.41) is 44.7. The zero-order chi connectivity index (χ0) is 9.30. The highest BCUT2D eigenvalue weighted by molar-refractivity contribution is 4.87. The number of aliphatic hydroxyl groups is 5. The highest BCUT2D eigenvalue weighted by atomic mass is 16.6. The molecule has 6 heteroatoms. The number of hydrogen-bond donors (Lipinski definition) is 5. The van der Waals surface area contributed by atoms with Crippen molar-refractivity contribution in [1.29, 1.82) is 0 Å². The molecule has 0 aromatic heterocycles. The molecule has 0 bridgehead atoms. The van der Waals surface area contributed by atoms with Crippen LogP contribution in [0, 0.1) is 0 Å². The van der Waals surface area contributed by atoms with Crippen LogP contribution < -0.4 is 0 Å². The van der Waals surface area contributed by atoms with Crippen LogP contribution in [0.15, 0.2) is 0 Å². The summed E-state index contributed by atoms with van der Waals surface area (Å²) in [5.74, 6) is 0. The van der Waals surface area contributed by atoms with E-state index in [0.29, 0.717) is 0 Å². The van der Waals surface area contributed by atoms with Crippen LogP contribution >= 0.6 is 0 Å². The molecule has 0 aromatic carbocycles. The van der Waals surface area contributed by atoms with E-state index in [1.807, 2.05) is 0 Å². The van der Waals surface area contributed by atoms with Gasteiger partial charge in [-0.15, -0.1) is 0 Å². The van der Waals surface area contributed by atoms with Crippen molar-refractivity contribution in [2.75, 3.05) is 6.61 Å². The molecule has 1 heterocycles. The van der Waals surface area contributed by atoms with E-state index in [1.165, 1.54) is 0 Å². The van der Waals surface area contributed by atoms with Crippen molar-refractivity contribution in [3.8, 4) is 0 Å². The molecule has 0 spiro atoms. The van der Waals surface area contributed by atoms with Gasteiger partial charge in [0.2, 0.25) is 0 Å². The van der Waals surface area contributed by atoms with Crippen molar-refractivity contribution in [1.82, 2.24) is 0 Å². The lowest BCUT2D eigenvalue weighted by Gasteiger charge is -2.37. The monoisotopic (exact) mass is 183 g/mol. The van der Waals surface area contributed by atoms with Crippen molar-refractivity contribution < 1.29 is 34.5 Å². The third-order valence-corrected chi connectivity index (χ3v) is 1.87. The van der Waals surface area contributed by atoms with E-state index in [2.05, 4.69) is 4.74 Å². The normalized spacial score (nSPS) is 49.2. The van der Waals surface area contributed by atoms with Gasteiger partial charge in [-0.25, -0.2) is 0 Å². The molecule has 5 N–H and O–H groups in total. The molecule has 1 fully saturated rings. The molecule has 0 aliphatic carbocycles. The van der Waals surface area contributed by atoms with Gasteiger partial charge in [-0.05, 0) is 0 Å². The molecular weight excluding hydrogens is 168 g/mol. The molecule has 0 unspecified atom stereocenters. The topological polar surface area (TPSA) is 110 Å². The van der Waals surface area contributed by atoms with Gasteiger partial charge in [-0.3, -0.25) is 0 Å². The SMILES string of the molecule is OC[C@H]1O[C@H](O)[C@@H](O)[C@@H](O)[C@@H]1O.[H+].[H+].[H+]. The first-order chi connectivity index (χ1) is 5.57. The summed E-state index contributed by atoms with van der Waals surface area (Å²) in [5.41, 5.74) is 0. The van der Waals surface area contributed by atoms with Gasteiger partial charge in [0.25, 0.3) is 0 Å². The van der Waals surface area contributed by atoms with E-state index in [1.54, 1.807) is 0 Å². The number of aliphatic hydroxyl groups excluding tert-OH is 5. The van der Waals surface area contributed by atoms with Crippen LogP contribution in [-0.2, 0) is 4.74 Å². The van der Waals surface area contributed by atoms with Crippen molar-refractivity contribution in [2.45, 2.75) is 30.7 Å². The molecule has 0 aromatic rings. The van der Waals surface area contributed by atoms with E-state index in [4.69, 9.17) is 25.5 Å². The largest absolute Gasteiger partial charge is 1.00 e. The minimum Gasteiger partial charge on any atom is -0.394 e. The van der Waals surface area contributed by atoms with Crippen LogP contribution in [0.1, 0.15) is 4.28 Å². The molecule has 1 aliphatic rings. The molecule has 5 atom stereocenters. The van der Waals surface area contributed by atoms with Crippen LogP contribution in [0.4, 0.5) is 0 Å². The molecular formula is C6H15O6+3. The zero-order valence-electron chi connectivity index (χ0n) is 9.24. The lowest BCUT2D eigenvalue weighted by Crippen LogP contribution is -2.58. The average molecular weight is 183 g/mol. The van der Waals surface area contributed by atoms with E-state index < -0.39 is 37.3 Å². The Labute approximate surface area is 73.1 Å². The van der Waals surface area contributed by atoms with Gasteiger partial charge < -0.3 is 30.3 Å². The summed E-state index contributed by atoms with van der Waals surface area (Å²) in [7, 11) is 0. The second-order valence-electron chi connectivity index (χ2n) is 2.72. The summed E-state index contributed by atoms with van der Waals surface area (Å²) in [6.07, 6.45) is -7.04. The smallest absolute Gasteiger partial charge is 0.394 e. The standard InChI is InChI=1S/C6H12O6/c7-1-2-3(8)4(9)5(10)6(11)12-2/h2-11H,1H2/p+3/t2-,3-,4+,5+,6+/m1/s1. The van der Waals surface area contributed by atoms with E-state index >= 15 is 0 Å². The maximum atomic E-state index is 9.12. The summed E-state index contributed by atoms with van der Waals surface area (Å²) in [6.45, 7) is -0.526. The molecule has 1 rings (SSSR count). The minimum atomic E-state index is -1.57. The first kappa shape index (κ1) is 9.85. The highest BCUT2D eigenvalue weighted by Gasteiger charge is 2.42. The summed E-state index contributed by atoms with van der Waals surface area (Å²) < 4.78 is 4.58. The van der Waals surface area contributed by atoms with Gasteiger partial charge in [0, 0.05) is 0 Å². The third kappa shape index (κ3) is 1.58.